The highest BCUT2D eigenvalue weighted by molar-refractivity contribution is 5.24. The second-order valence-electron chi connectivity index (χ2n) is 5.04. The van der Waals surface area contributed by atoms with Gasteiger partial charge in [0.15, 0.2) is 5.82 Å². The summed E-state index contributed by atoms with van der Waals surface area (Å²) in [4.78, 5) is 4.52. The van der Waals surface area contributed by atoms with Crippen LogP contribution in [0.3, 0.4) is 0 Å². The van der Waals surface area contributed by atoms with Crippen LogP contribution in [0.2, 0.25) is 0 Å². The lowest BCUT2D eigenvalue weighted by atomic mass is 10.0. The molecular weight excluding hydrogens is 264 g/mol. The van der Waals surface area contributed by atoms with Gasteiger partial charge in [-0.15, -0.1) is 10.2 Å². The Kier molecular flexibility index (Phi) is 4.04. The molecule has 1 N–H and O–H groups in total. The molecule has 0 bridgehead atoms. The highest BCUT2D eigenvalue weighted by Crippen LogP contribution is 2.22. The van der Waals surface area contributed by atoms with E-state index < -0.39 is 0 Å². The van der Waals surface area contributed by atoms with Crippen LogP contribution in [0.25, 0.3) is 0 Å². The Bertz CT molecular complexity index is 659. The molecule has 0 aliphatic carbocycles. The molecule has 0 aliphatic rings. The molecule has 2 aromatic heterocycles. The first kappa shape index (κ1) is 13.5. The van der Waals surface area contributed by atoms with Gasteiger partial charge < -0.3 is 4.57 Å². The predicted molar refractivity (Wildman–Crippen MR) is 78.7 cm³/mol. The van der Waals surface area contributed by atoms with Crippen molar-refractivity contribution in [3.05, 3.63) is 59.9 Å². The Labute approximate surface area is 123 Å². The highest BCUT2D eigenvalue weighted by atomic mass is 15.5. The van der Waals surface area contributed by atoms with Crippen molar-refractivity contribution in [3.63, 3.8) is 0 Å². The van der Waals surface area contributed by atoms with Crippen molar-refractivity contribution in [2.75, 3.05) is 0 Å². The maximum atomic E-state index is 4.52. The molecule has 0 spiro atoms. The lowest BCUT2D eigenvalue weighted by Crippen LogP contribution is -2.08. The van der Waals surface area contributed by atoms with Crippen molar-refractivity contribution < 1.29 is 0 Å². The average molecular weight is 282 g/mol. The van der Waals surface area contributed by atoms with E-state index in [1.807, 2.05) is 18.5 Å². The Morgan fingerprint density at radius 3 is 2.86 bits per heavy atom. The molecular formula is C15H18N6. The fraction of sp³-hybridized carbons (Fsp3) is 0.333. The van der Waals surface area contributed by atoms with Crippen LogP contribution in [0.5, 0.6) is 0 Å². The Morgan fingerprint density at radius 2 is 2.10 bits per heavy atom. The van der Waals surface area contributed by atoms with E-state index in [4.69, 9.17) is 0 Å². The summed E-state index contributed by atoms with van der Waals surface area (Å²) in [7, 11) is 0. The van der Waals surface area contributed by atoms with Crippen LogP contribution >= 0.6 is 0 Å². The number of aromatic nitrogens is 6. The van der Waals surface area contributed by atoms with Crippen LogP contribution in [0.15, 0.2) is 42.7 Å². The van der Waals surface area contributed by atoms with Gasteiger partial charge in [-0.2, -0.15) is 5.21 Å². The molecule has 0 unspecified atom stereocenters. The van der Waals surface area contributed by atoms with Crippen molar-refractivity contribution in [2.24, 2.45) is 0 Å². The average Bonchev–Trinajstić information content (AvgIpc) is 3.19. The van der Waals surface area contributed by atoms with Crippen LogP contribution in [0, 0.1) is 0 Å². The van der Waals surface area contributed by atoms with Gasteiger partial charge >= 0.3 is 0 Å². The molecule has 0 amide bonds. The molecule has 1 atom stereocenters. The first-order valence-electron chi connectivity index (χ1n) is 7.13. The number of nitrogens with zero attached hydrogens (tertiary/aromatic N) is 5. The third-order valence-electron chi connectivity index (χ3n) is 3.62. The number of imidazole rings is 1. The molecule has 0 saturated heterocycles. The van der Waals surface area contributed by atoms with E-state index >= 15 is 0 Å². The van der Waals surface area contributed by atoms with E-state index in [2.05, 4.69) is 61.4 Å². The third kappa shape index (κ3) is 3.16. The van der Waals surface area contributed by atoms with Crippen LogP contribution in [0.4, 0.5) is 0 Å². The summed E-state index contributed by atoms with van der Waals surface area (Å²) >= 11 is 0. The van der Waals surface area contributed by atoms with Crippen molar-refractivity contribution in [1.82, 2.24) is 30.2 Å². The number of rotatable bonds is 6. The number of tetrazole rings is 1. The lowest BCUT2D eigenvalue weighted by Gasteiger charge is -2.14. The van der Waals surface area contributed by atoms with Gasteiger partial charge in [0.25, 0.3) is 0 Å². The van der Waals surface area contributed by atoms with Crippen molar-refractivity contribution in [1.29, 1.82) is 0 Å². The lowest BCUT2D eigenvalue weighted by molar-refractivity contribution is 0.589. The summed E-state index contributed by atoms with van der Waals surface area (Å²) in [5.74, 6) is 2.13. The first-order chi connectivity index (χ1) is 10.3. The molecule has 2 heterocycles. The quantitative estimate of drug-likeness (QED) is 0.752. The van der Waals surface area contributed by atoms with E-state index in [0.29, 0.717) is 0 Å². The summed E-state index contributed by atoms with van der Waals surface area (Å²) in [6.07, 6.45) is 5.67. The van der Waals surface area contributed by atoms with Gasteiger partial charge in [-0.05, 0) is 12.0 Å². The van der Waals surface area contributed by atoms with Crippen LogP contribution in [-0.4, -0.2) is 30.2 Å². The van der Waals surface area contributed by atoms with Gasteiger partial charge in [0.05, 0.1) is 0 Å². The van der Waals surface area contributed by atoms with Crippen LogP contribution in [0.1, 0.15) is 36.5 Å². The zero-order valence-corrected chi connectivity index (χ0v) is 12.0. The summed E-state index contributed by atoms with van der Waals surface area (Å²) in [6.45, 7) is 3.09. The largest absolute Gasteiger partial charge is 0.334 e. The number of hydrogen-bond donors (Lipinski definition) is 1. The maximum absolute atomic E-state index is 4.52. The first-order valence-corrected chi connectivity index (χ1v) is 7.13. The zero-order valence-electron chi connectivity index (χ0n) is 12.0. The predicted octanol–water partition coefficient (Wildman–Crippen LogP) is 2.18. The van der Waals surface area contributed by atoms with E-state index in [0.717, 1.165) is 31.0 Å². The second kappa shape index (κ2) is 6.30. The number of aromatic amines is 1. The minimum Gasteiger partial charge on any atom is -0.334 e. The minimum absolute atomic E-state index is 0.284. The van der Waals surface area contributed by atoms with Crippen molar-refractivity contribution in [3.8, 4) is 0 Å². The fourth-order valence-electron chi connectivity index (χ4n) is 2.48. The minimum atomic E-state index is 0.284. The molecule has 1 aromatic carbocycles. The normalized spacial score (nSPS) is 12.4. The maximum Gasteiger partial charge on any atom is 0.174 e. The van der Waals surface area contributed by atoms with Crippen molar-refractivity contribution in [2.45, 2.75) is 32.2 Å². The Morgan fingerprint density at radius 1 is 1.24 bits per heavy atom. The number of hydrogen-bond acceptors (Lipinski definition) is 4. The van der Waals surface area contributed by atoms with Gasteiger partial charge in [0, 0.05) is 31.3 Å². The van der Waals surface area contributed by atoms with Crippen molar-refractivity contribution >= 4 is 0 Å². The van der Waals surface area contributed by atoms with E-state index in [9.17, 15) is 0 Å². The zero-order chi connectivity index (χ0) is 14.5. The molecule has 0 aliphatic heterocycles. The summed E-state index contributed by atoms with van der Waals surface area (Å²) in [5.41, 5.74) is 1.28. The van der Waals surface area contributed by atoms with Gasteiger partial charge in [-0.1, -0.05) is 42.5 Å². The molecule has 21 heavy (non-hydrogen) atoms. The van der Waals surface area contributed by atoms with Gasteiger partial charge in [0.2, 0.25) is 0 Å². The fourth-order valence-corrected chi connectivity index (χ4v) is 2.48. The summed E-state index contributed by atoms with van der Waals surface area (Å²) < 4.78 is 2.21. The monoisotopic (exact) mass is 282 g/mol. The summed E-state index contributed by atoms with van der Waals surface area (Å²) in [6, 6.07) is 10.4. The SMILES string of the molecule is C[C@@H](c1ccccc1)c1nccn1CCCc1nn[nH]n1. The molecule has 0 fully saturated rings. The topological polar surface area (TPSA) is 72.3 Å². The van der Waals surface area contributed by atoms with E-state index in [1.165, 1.54) is 5.56 Å². The van der Waals surface area contributed by atoms with Gasteiger partial charge in [-0.3, -0.25) is 0 Å². The second-order valence-corrected chi connectivity index (χ2v) is 5.04. The van der Waals surface area contributed by atoms with E-state index in [-0.39, 0.29) is 5.92 Å². The molecule has 0 radical (unpaired) electrons. The molecule has 6 heteroatoms. The number of nitrogens with one attached hydrogen (secondary N) is 1. The van der Waals surface area contributed by atoms with Crippen LogP contribution in [-0.2, 0) is 13.0 Å². The van der Waals surface area contributed by atoms with Gasteiger partial charge in [0.1, 0.15) is 5.82 Å². The standard InChI is InChI=1S/C15H18N6/c1-12(13-6-3-2-4-7-13)15-16-9-11-21(15)10-5-8-14-17-19-20-18-14/h2-4,6-7,9,11-12H,5,8,10H2,1H3,(H,17,18,19,20)/t12-/m0/s1. The van der Waals surface area contributed by atoms with Gasteiger partial charge in [-0.25, -0.2) is 4.98 Å². The van der Waals surface area contributed by atoms with Crippen LogP contribution < -0.4 is 0 Å². The third-order valence-corrected chi connectivity index (χ3v) is 3.62. The number of H-pyrrole nitrogens is 1. The molecule has 3 rings (SSSR count). The molecule has 6 nitrogen and oxygen atoms in total. The molecule has 3 aromatic rings. The molecule has 108 valence electrons. The number of benzene rings is 1. The summed E-state index contributed by atoms with van der Waals surface area (Å²) in [5, 5.41) is 14.0. The molecule has 0 saturated carbocycles. The highest BCUT2D eigenvalue weighted by Gasteiger charge is 2.13. The Balaban J connectivity index is 1.66. The van der Waals surface area contributed by atoms with E-state index in [1.54, 1.807) is 0 Å². The smallest absolute Gasteiger partial charge is 0.174 e. The Hall–Kier alpha value is -2.50. The number of aryl methyl sites for hydroxylation is 2.